The minimum absolute atomic E-state index is 0.133. The molecule has 1 aromatic rings. The average Bonchev–Trinajstić information content (AvgIpc) is 2.19. The van der Waals surface area contributed by atoms with Crippen molar-refractivity contribution in [3.8, 4) is 0 Å². The van der Waals surface area contributed by atoms with E-state index in [2.05, 4.69) is 26.0 Å². The van der Waals surface area contributed by atoms with Crippen LogP contribution in [0.15, 0.2) is 22.7 Å². The number of carbonyl (C=O) groups excluding carboxylic acids is 1. The van der Waals surface area contributed by atoms with Crippen molar-refractivity contribution in [1.82, 2.24) is 0 Å². The monoisotopic (exact) mass is 277 g/mol. The van der Waals surface area contributed by atoms with E-state index in [0.29, 0.717) is 5.02 Å². The Hall–Kier alpha value is -0.740. The molecule has 0 amide bonds. The van der Waals surface area contributed by atoms with Crippen molar-refractivity contribution in [3.63, 3.8) is 0 Å². The predicted octanol–water partition coefficient (Wildman–Crippen LogP) is 2.69. The lowest BCUT2D eigenvalue weighted by atomic mass is 10.3. The molecule has 0 saturated carbocycles. The molecule has 14 heavy (non-hydrogen) atoms. The van der Waals surface area contributed by atoms with Crippen molar-refractivity contribution in [2.75, 3.05) is 19.0 Å². The first-order chi connectivity index (χ1) is 6.63. The summed E-state index contributed by atoms with van der Waals surface area (Å²) in [5.41, 5.74) is 0.781. The second-order valence-corrected chi connectivity index (χ2v) is 3.82. The molecule has 0 aliphatic heterocycles. The van der Waals surface area contributed by atoms with Gasteiger partial charge in [-0.25, -0.2) is 0 Å². The van der Waals surface area contributed by atoms with E-state index in [-0.39, 0.29) is 12.5 Å². The van der Waals surface area contributed by atoms with Crippen molar-refractivity contribution in [1.29, 1.82) is 0 Å². The number of carbonyl (C=O) groups is 1. The van der Waals surface area contributed by atoms with Crippen LogP contribution in [0.2, 0.25) is 5.02 Å². The van der Waals surface area contributed by atoms with Gasteiger partial charge >= 0.3 is 5.97 Å². The lowest BCUT2D eigenvalue weighted by molar-refractivity contribution is -0.138. The Morgan fingerprint density at radius 1 is 1.64 bits per heavy atom. The molecule has 0 saturated heterocycles. The van der Waals surface area contributed by atoms with Crippen molar-refractivity contribution >= 4 is 39.2 Å². The first kappa shape index (κ1) is 11.3. The summed E-state index contributed by atoms with van der Waals surface area (Å²) >= 11 is 9.13. The molecule has 0 spiro atoms. The standard InChI is InChI=1S/C9H9BrClNO2/c1-14-9(13)5-12-6-2-3-7(10)8(11)4-6/h2-4,12H,5H2,1H3. The molecular weight excluding hydrogens is 269 g/mol. The number of benzene rings is 1. The van der Waals surface area contributed by atoms with Crippen LogP contribution in [0, 0.1) is 0 Å². The Kier molecular flexibility index (Phi) is 4.22. The lowest BCUT2D eigenvalue weighted by Gasteiger charge is -2.05. The van der Waals surface area contributed by atoms with Crippen LogP contribution in [0.5, 0.6) is 0 Å². The average molecular weight is 279 g/mol. The van der Waals surface area contributed by atoms with E-state index in [9.17, 15) is 4.79 Å². The summed E-state index contributed by atoms with van der Waals surface area (Å²) in [6.45, 7) is 0.133. The van der Waals surface area contributed by atoms with Gasteiger partial charge in [-0.3, -0.25) is 4.79 Å². The smallest absolute Gasteiger partial charge is 0.325 e. The highest BCUT2D eigenvalue weighted by molar-refractivity contribution is 9.10. The Balaban J connectivity index is 2.60. The van der Waals surface area contributed by atoms with Crippen LogP contribution in [0.3, 0.4) is 0 Å². The van der Waals surface area contributed by atoms with Crippen LogP contribution < -0.4 is 5.32 Å². The van der Waals surface area contributed by atoms with E-state index in [0.717, 1.165) is 10.2 Å². The number of hydrogen-bond donors (Lipinski definition) is 1. The van der Waals surface area contributed by atoms with E-state index in [1.54, 1.807) is 6.07 Å². The highest BCUT2D eigenvalue weighted by Gasteiger charge is 2.01. The van der Waals surface area contributed by atoms with Gasteiger partial charge in [0.1, 0.15) is 6.54 Å². The molecule has 0 heterocycles. The summed E-state index contributed by atoms with van der Waals surface area (Å²) in [5.74, 6) is -0.316. The van der Waals surface area contributed by atoms with Crippen LogP contribution in [0.25, 0.3) is 0 Å². The van der Waals surface area contributed by atoms with Crippen molar-refractivity contribution in [2.45, 2.75) is 0 Å². The van der Waals surface area contributed by atoms with Gasteiger partial charge in [0, 0.05) is 10.2 Å². The normalized spacial score (nSPS) is 9.64. The summed E-state index contributed by atoms with van der Waals surface area (Å²) in [6.07, 6.45) is 0. The number of halogens is 2. The van der Waals surface area contributed by atoms with Gasteiger partial charge in [0.15, 0.2) is 0 Å². The lowest BCUT2D eigenvalue weighted by Crippen LogP contribution is -2.14. The van der Waals surface area contributed by atoms with Gasteiger partial charge in [0.25, 0.3) is 0 Å². The Morgan fingerprint density at radius 3 is 2.93 bits per heavy atom. The second kappa shape index (κ2) is 5.22. The van der Waals surface area contributed by atoms with Crippen molar-refractivity contribution in [2.24, 2.45) is 0 Å². The fourth-order valence-electron chi connectivity index (χ4n) is 0.852. The molecule has 1 aromatic carbocycles. The second-order valence-electron chi connectivity index (χ2n) is 2.56. The number of ether oxygens (including phenoxy) is 1. The molecule has 0 atom stereocenters. The summed E-state index contributed by atoms with van der Waals surface area (Å²) in [6, 6.07) is 5.36. The Labute approximate surface area is 95.5 Å². The molecule has 0 bridgehead atoms. The van der Waals surface area contributed by atoms with Crippen LogP contribution >= 0.6 is 27.5 Å². The topological polar surface area (TPSA) is 38.3 Å². The highest BCUT2D eigenvalue weighted by atomic mass is 79.9. The van der Waals surface area contributed by atoms with Gasteiger partial charge in [-0.05, 0) is 34.1 Å². The molecule has 0 aliphatic rings. The van der Waals surface area contributed by atoms with Gasteiger partial charge in [-0.1, -0.05) is 11.6 Å². The van der Waals surface area contributed by atoms with Crippen molar-refractivity contribution in [3.05, 3.63) is 27.7 Å². The number of methoxy groups -OCH3 is 1. The number of nitrogens with one attached hydrogen (secondary N) is 1. The third kappa shape index (κ3) is 3.20. The van der Waals surface area contributed by atoms with E-state index in [1.165, 1.54) is 7.11 Å². The Bertz CT molecular complexity index is 344. The van der Waals surface area contributed by atoms with E-state index in [1.807, 2.05) is 12.1 Å². The molecule has 3 nitrogen and oxygen atoms in total. The van der Waals surface area contributed by atoms with Crippen LogP contribution in [-0.4, -0.2) is 19.6 Å². The van der Waals surface area contributed by atoms with Crippen molar-refractivity contribution < 1.29 is 9.53 Å². The predicted molar refractivity (Wildman–Crippen MR) is 59.7 cm³/mol. The fourth-order valence-corrected chi connectivity index (χ4v) is 1.28. The molecule has 5 heteroatoms. The molecule has 0 radical (unpaired) electrons. The van der Waals surface area contributed by atoms with Crippen LogP contribution in [0.1, 0.15) is 0 Å². The zero-order valence-corrected chi connectivity index (χ0v) is 9.85. The SMILES string of the molecule is COC(=O)CNc1ccc(Br)c(Cl)c1. The minimum atomic E-state index is -0.316. The maximum absolute atomic E-state index is 10.8. The van der Waals surface area contributed by atoms with Gasteiger partial charge in [-0.15, -0.1) is 0 Å². The fraction of sp³-hybridized carbons (Fsp3) is 0.222. The maximum atomic E-state index is 10.8. The molecule has 1 rings (SSSR count). The maximum Gasteiger partial charge on any atom is 0.325 e. The highest BCUT2D eigenvalue weighted by Crippen LogP contribution is 2.25. The minimum Gasteiger partial charge on any atom is -0.468 e. The van der Waals surface area contributed by atoms with Gasteiger partial charge < -0.3 is 10.1 Å². The molecule has 1 N–H and O–H groups in total. The quantitative estimate of drug-likeness (QED) is 0.864. The third-order valence-electron chi connectivity index (χ3n) is 1.58. The van der Waals surface area contributed by atoms with E-state index in [4.69, 9.17) is 11.6 Å². The number of anilines is 1. The molecule has 76 valence electrons. The summed E-state index contributed by atoms with van der Waals surface area (Å²) in [4.78, 5) is 10.8. The van der Waals surface area contributed by atoms with Crippen LogP contribution in [0.4, 0.5) is 5.69 Å². The summed E-state index contributed by atoms with van der Waals surface area (Å²) in [5, 5.41) is 3.48. The first-order valence-electron chi connectivity index (χ1n) is 3.89. The number of hydrogen-bond acceptors (Lipinski definition) is 3. The molecular formula is C9H9BrClNO2. The van der Waals surface area contributed by atoms with E-state index < -0.39 is 0 Å². The van der Waals surface area contributed by atoms with Crippen LogP contribution in [-0.2, 0) is 9.53 Å². The first-order valence-corrected chi connectivity index (χ1v) is 5.06. The van der Waals surface area contributed by atoms with E-state index >= 15 is 0 Å². The number of esters is 1. The zero-order chi connectivity index (χ0) is 10.6. The van der Waals surface area contributed by atoms with Gasteiger partial charge in [0.2, 0.25) is 0 Å². The molecule has 0 fully saturated rings. The zero-order valence-electron chi connectivity index (χ0n) is 7.51. The number of rotatable bonds is 3. The Morgan fingerprint density at radius 2 is 2.36 bits per heavy atom. The molecule has 0 aliphatic carbocycles. The molecule has 0 unspecified atom stereocenters. The molecule has 0 aromatic heterocycles. The van der Waals surface area contributed by atoms with Gasteiger partial charge in [-0.2, -0.15) is 0 Å². The largest absolute Gasteiger partial charge is 0.468 e. The van der Waals surface area contributed by atoms with Gasteiger partial charge in [0.05, 0.1) is 12.1 Å². The third-order valence-corrected chi connectivity index (χ3v) is 2.82. The summed E-state index contributed by atoms with van der Waals surface area (Å²) in [7, 11) is 1.35. The summed E-state index contributed by atoms with van der Waals surface area (Å²) < 4.78 is 5.30.